The first-order valence-electron chi connectivity index (χ1n) is 7.07. The van der Waals surface area contributed by atoms with Crippen molar-refractivity contribution in [3.05, 3.63) is 24.0 Å². The van der Waals surface area contributed by atoms with Gasteiger partial charge >= 0.3 is 0 Å². The summed E-state index contributed by atoms with van der Waals surface area (Å²) in [5.41, 5.74) is 0.260. The van der Waals surface area contributed by atoms with Gasteiger partial charge in [0, 0.05) is 12.1 Å². The SMILES string of the molecule is COc1cc(F)ccc1NS(=O)(=O)CCC1CCCCN1. The number of benzene rings is 1. The summed E-state index contributed by atoms with van der Waals surface area (Å²) in [7, 11) is -2.10. The van der Waals surface area contributed by atoms with Crippen molar-refractivity contribution in [2.75, 3.05) is 24.1 Å². The standard InChI is InChI=1S/C14H21FN2O3S/c1-20-14-10-11(15)5-6-13(14)17-21(18,19)9-7-12-4-2-3-8-16-12/h5-6,10,12,16-17H,2-4,7-9H2,1H3. The molecule has 1 aromatic carbocycles. The molecule has 0 amide bonds. The van der Waals surface area contributed by atoms with Crippen molar-refractivity contribution in [3.63, 3.8) is 0 Å². The number of nitrogens with one attached hydrogen (secondary N) is 2. The van der Waals surface area contributed by atoms with E-state index in [4.69, 9.17) is 4.74 Å². The van der Waals surface area contributed by atoms with Crippen LogP contribution in [0.4, 0.5) is 10.1 Å². The number of sulfonamides is 1. The number of methoxy groups -OCH3 is 1. The molecule has 1 aliphatic rings. The van der Waals surface area contributed by atoms with E-state index in [0.717, 1.165) is 31.9 Å². The number of halogens is 1. The van der Waals surface area contributed by atoms with Crippen LogP contribution in [0.1, 0.15) is 25.7 Å². The van der Waals surface area contributed by atoms with Gasteiger partial charge in [0.1, 0.15) is 11.6 Å². The maximum absolute atomic E-state index is 13.1. The molecule has 0 spiro atoms. The van der Waals surface area contributed by atoms with Gasteiger partial charge in [-0.15, -0.1) is 0 Å². The van der Waals surface area contributed by atoms with Gasteiger partial charge in [0.25, 0.3) is 0 Å². The van der Waals surface area contributed by atoms with Gasteiger partial charge < -0.3 is 10.1 Å². The van der Waals surface area contributed by atoms with E-state index < -0.39 is 15.8 Å². The quantitative estimate of drug-likeness (QED) is 0.843. The molecule has 1 aromatic rings. The van der Waals surface area contributed by atoms with E-state index in [2.05, 4.69) is 10.0 Å². The van der Waals surface area contributed by atoms with Crippen LogP contribution in [0, 0.1) is 5.82 Å². The Labute approximate surface area is 124 Å². The minimum atomic E-state index is -3.47. The number of rotatable bonds is 6. The summed E-state index contributed by atoms with van der Waals surface area (Å²) in [6.45, 7) is 0.948. The molecule has 2 N–H and O–H groups in total. The Kier molecular flexibility index (Phi) is 5.41. The topological polar surface area (TPSA) is 67.4 Å². The van der Waals surface area contributed by atoms with Gasteiger partial charge in [0.15, 0.2) is 0 Å². The summed E-state index contributed by atoms with van der Waals surface area (Å²) in [5.74, 6) is -0.263. The fourth-order valence-corrected chi connectivity index (χ4v) is 3.64. The molecule has 21 heavy (non-hydrogen) atoms. The second-order valence-electron chi connectivity index (χ2n) is 5.20. The van der Waals surface area contributed by atoms with Crippen molar-refractivity contribution in [1.29, 1.82) is 0 Å². The normalized spacial score (nSPS) is 19.2. The lowest BCUT2D eigenvalue weighted by Crippen LogP contribution is -2.36. The van der Waals surface area contributed by atoms with E-state index in [1.54, 1.807) is 0 Å². The predicted molar refractivity (Wildman–Crippen MR) is 80.6 cm³/mol. The average molecular weight is 316 g/mol. The number of hydrogen-bond donors (Lipinski definition) is 2. The summed E-state index contributed by atoms with van der Waals surface area (Å²) in [4.78, 5) is 0. The average Bonchev–Trinajstić information content (AvgIpc) is 2.48. The summed E-state index contributed by atoms with van der Waals surface area (Å²) >= 11 is 0. The first kappa shape index (κ1) is 16.0. The van der Waals surface area contributed by atoms with Crippen molar-refractivity contribution in [3.8, 4) is 5.75 Å². The van der Waals surface area contributed by atoms with Crippen LogP contribution in [0.15, 0.2) is 18.2 Å². The third-order valence-electron chi connectivity index (χ3n) is 3.58. The van der Waals surface area contributed by atoms with E-state index in [9.17, 15) is 12.8 Å². The van der Waals surface area contributed by atoms with Crippen molar-refractivity contribution in [1.82, 2.24) is 5.32 Å². The van der Waals surface area contributed by atoms with Gasteiger partial charge in [0.2, 0.25) is 10.0 Å². The van der Waals surface area contributed by atoms with Crippen LogP contribution in [0.5, 0.6) is 5.75 Å². The third kappa shape index (κ3) is 4.86. The zero-order chi connectivity index (χ0) is 15.3. The van der Waals surface area contributed by atoms with Crippen LogP contribution >= 0.6 is 0 Å². The Bertz CT molecular complexity index is 572. The number of ether oxygens (including phenoxy) is 1. The lowest BCUT2D eigenvalue weighted by Gasteiger charge is -2.23. The molecular formula is C14H21FN2O3S. The highest BCUT2D eigenvalue weighted by Crippen LogP contribution is 2.26. The van der Waals surface area contributed by atoms with Crippen LogP contribution in [0.25, 0.3) is 0 Å². The maximum Gasteiger partial charge on any atom is 0.232 e. The molecule has 1 fully saturated rings. The zero-order valence-corrected chi connectivity index (χ0v) is 12.9. The molecule has 1 atom stereocenters. The van der Waals surface area contributed by atoms with Crippen molar-refractivity contribution >= 4 is 15.7 Å². The van der Waals surface area contributed by atoms with Crippen LogP contribution in [-0.2, 0) is 10.0 Å². The molecule has 1 unspecified atom stereocenters. The summed E-state index contributed by atoms with van der Waals surface area (Å²) < 4.78 is 44.8. The van der Waals surface area contributed by atoms with Gasteiger partial charge in [-0.3, -0.25) is 4.72 Å². The Morgan fingerprint density at radius 3 is 2.90 bits per heavy atom. The largest absolute Gasteiger partial charge is 0.494 e. The minimum Gasteiger partial charge on any atom is -0.494 e. The highest BCUT2D eigenvalue weighted by Gasteiger charge is 2.18. The first-order chi connectivity index (χ1) is 10.00. The second-order valence-corrected chi connectivity index (χ2v) is 7.04. The van der Waals surface area contributed by atoms with Gasteiger partial charge in [-0.1, -0.05) is 6.42 Å². The van der Waals surface area contributed by atoms with Gasteiger partial charge in [-0.25, -0.2) is 12.8 Å². The third-order valence-corrected chi connectivity index (χ3v) is 4.88. The predicted octanol–water partition coefficient (Wildman–Crippen LogP) is 2.11. The molecule has 5 nitrogen and oxygen atoms in total. The molecule has 2 rings (SSSR count). The minimum absolute atomic E-state index is 0.0329. The monoisotopic (exact) mass is 316 g/mol. The molecule has 0 aliphatic carbocycles. The van der Waals surface area contributed by atoms with E-state index >= 15 is 0 Å². The van der Waals surface area contributed by atoms with Crippen LogP contribution in [-0.4, -0.2) is 33.9 Å². The summed E-state index contributed by atoms with van der Waals surface area (Å²) in [6.07, 6.45) is 3.86. The maximum atomic E-state index is 13.1. The van der Waals surface area contributed by atoms with E-state index in [-0.39, 0.29) is 23.2 Å². The lowest BCUT2D eigenvalue weighted by atomic mass is 10.0. The molecule has 0 radical (unpaired) electrons. The van der Waals surface area contributed by atoms with E-state index in [0.29, 0.717) is 6.42 Å². The fourth-order valence-electron chi connectivity index (χ4n) is 2.44. The fraction of sp³-hybridized carbons (Fsp3) is 0.571. The van der Waals surface area contributed by atoms with Gasteiger partial charge in [0.05, 0.1) is 18.6 Å². The highest BCUT2D eigenvalue weighted by molar-refractivity contribution is 7.92. The lowest BCUT2D eigenvalue weighted by molar-refractivity contribution is 0.393. The van der Waals surface area contributed by atoms with Gasteiger partial charge in [-0.05, 0) is 37.9 Å². The molecule has 0 saturated carbocycles. The van der Waals surface area contributed by atoms with Crippen LogP contribution in [0.3, 0.4) is 0 Å². The van der Waals surface area contributed by atoms with Crippen LogP contribution in [0.2, 0.25) is 0 Å². The molecule has 118 valence electrons. The molecule has 7 heteroatoms. The highest BCUT2D eigenvalue weighted by atomic mass is 32.2. The summed E-state index contributed by atoms with van der Waals surface area (Å²) in [6, 6.07) is 3.97. The molecule has 0 bridgehead atoms. The Balaban J connectivity index is 1.97. The molecule has 1 heterocycles. The van der Waals surface area contributed by atoms with Crippen LogP contribution < -0.4 is 14.8 Å². The Morgan fingerprint density at radius 2 is 2.24 bits per heavy atom. The van der Waals surface area contributed by atoms with Crippen molar-refractivity contribution in [2.24, 2.45) is 0 Å². The summed E-state index contributed by atoms with van der Waals surface area (Å²) in [5, 5.41) is 3.32. The number of piperidine rings is 1. The molecule has 1 saturated heterocycles. The van der Waals surface area contributed by atoms with Crippen molar-refractivity contribution < 1.29 is 17.5 Å². The Morgan fingerprint density at radius 1 is 1.43 bits per heavy atom. The number of anilines is 1. The molecule has 0 aromatic heterocycles. The van der Waals surface area contributed by atoms with Crippen molar-refractivity contribution in [2.45, 2.75) is 31.7 Å². The van der Waals surface area contributed by atoms with E-state index in [1.165, 1.54) is 19.2 Å². The van der Waals surface area contributed by atoms with E-state index in [1.807, 2.05) is 0 Å². The number of hydrogen-bond acceptors (Lipinski definition) is 4. The first-order valence-corrected chi connectivity index (χ1v) is 8.73. The zero-order valence-electron chi connectivity index (χ0n) is 12.1. The van der Waals surface area contributed by atoms with Gasteiger partial charge in [-0.2, -0.15) is 0 Å². The second kappa shape index (κ2) is 7.09. The molecular weight excluding hydrogens is 295 g/mol. The smallest absolute Gasteiger partial charge is 0.232 e. The Hall–Kier alpha value is -1.34. The molecule has 1 aliphatic heterocycles.